The molecule has 0 radical (unpaired) electrons. The molecule has 0 saturated heterocycles. The summed E-state index contributed by atoms with van der Waals surface area (Å²) in [7, 11) is 0. The van der Waals surface area contributed by atoms with Crippen molar-refractivity contribution in [1.29, 1.82) is 0 Å². The normalized spacial score (nSPS) is 10.2. The molecule has 3 aromatic rings. The Morgan fingerprint density at radius 1 is 1.00 bits per heavy atom. The minimum absolute atomic E-state index is 0.163. The Labute approximate surface area is 140 Å². The SMILES string of the molecule is Cc1cccc(C(=O)Nc2ccc(C)c(Oc3ncccn3)c2)c1. The van der Waals surface area contributed by atoms with Gasteiger partial charge in [-0.05, 0) is 43.7 Å². The third kappa shape index (κ3) is 3.76. The lowest BCUT2D eigenvalue weighted by Gasteiger charge is -2.10. The molecule has 0 aliphatic heterocycles. The fraction of sp³-hybridized carbons (Fsp3) is 0.105. The lowest BCUT2D eigenvalue weighted by molar-refractivity contribution is 0.102. The number of aryl methyl sites for hydroxylation is 2. The summed E-state index contributed by atoms with van der Waals surface area (Å²) in [6, 6.07) is 14.9. The van der Waals surface area contributed by atoms with Crippen molar-refractivity contribution in [2.24, 2.45) is 0 Å². The summed E-state index contributed by atoms with van der Waals surface area (Å²) in [4.78, 5) is 20.4. The third-order valence-corrected chi connectivity index (χ3v) is 3.47. The van der Waals surface area contributed by atoms with E-state index in [1.54, 1.807) is 30.6 Å². The summed E-state index contributed by atoms with van der Waals surface area (Å²) in [6.07, 6.45) is 3.22. The first-order chi connectivity index (χ1) is 11.6. The number of nitrogens with zero attached hydrogens (tertiary/aromatic N) is 2. The van der Waals surface area contributed by atoms with E-state index in [4.69, 9.17) is 4.74 Å². The number of carbonyl (C=O) groups is 1. The number of aromatic nitrogens is 2. The second-order valence-corrected chi connectivity index (χ2v) is 5.44. The van der Waals surface area contributed by atoms with Crippen molar-refractivity contribution >= 4 is 11.6 Å². The van der Waals surface area contributed by atoms with Gasteiger partial charge in [0.25, 0.3) is 5.91 Å². The van der Waals surface area contributed by atoms with Crippen molar-refractivity contribution in [3.05, 3.63) is 77.6 Å². The van der Waals surface area contributed by atoms with Gasteiger partial charge in [0, 0.05) is 29.7 Å². The van der Waals surface area contributed by atoms with Gasteiger partial charge in [0.05, 0.1) is 0 Å². The van der Waals surface area contributed by atoms with E-state index in [1.807, 2.05) is 44.2 Å². The van der Waals surface area contributed by atoms with Gasteiger partial charge >= 0.3 is 6.01 Å². The number of benzene rings is 2. The molecule has 1 amide bonds. The quantitative estimate of drug-likeness (QED) is 0.785. The maximum atomic E-state index is 12.3. The summed E-state index contributed by atoms with van der Waals surface area (Å²) in [5, 5.41) is 2.88. The van der Waals surface area contributed by atoms with Crippen LogP contribution in [0.4, 0.5) is 5.69 Å². The standard InChI is InChI=1S/C19H17N3O2/c1-13-5-3-6-15(11-13)18(23)22-16-8-7-14(2)17(12-16)24-19-20-9-4-10-21-19/h3-12H,1-2H3,(H,22,23). The van der Waals surface area contributed by atoms with Crippen molar-refractivity contribution in [3.63, 3.8) is 0 Å². The predicted molar refractivity (Wildman–Crippen MR) is 92.4 cm³/mol. The average Bonchev–Trinajstić information content (AvgIpc) is 2.59. The Kier molecular flexibility index (Phi) is 4.52. The molecule has 5 heteroatoms. The number of anilines is 1. The van der Waals surface area contributed by atoms with Crippen LogP contribution in [0.5, 0.6) is 11.8 Å². The van der Waals surface area contributed by atoms with Gasteiger partial charge in [0.2, 0.25) is 0 Å². The van der Waals surface area contributed by atoms with E-state index in [-0.39, 0.29) is 11.9 Å². The summed E-state index contributed by atoms with van der Waals surface area (Å²) >= 11 is 0. The molecule has 1 heterocycles. The zero-order valence-corrected chi connectivity index (χ0v) is 13.5. The number of carbonyl (C=O) groups excluding carboxylic acids is 1. The molecule has 1 aromatic heterocycles. The molecule has 2 aromatic carbocycles. The molecule has 0 fully saturated rings. The van der Waals surface area contributed by atoms with Gasteiger partial charge in [-0.1, -0.05) is 23.8 Å². The monoisotopic (exact) mass is 319 g/mol. The summed E-state index contributed by atoms with van der Waals surface area (Å²) < 4.78 is 5.68. The van der Waals surface area contributed by atoms with E-state index in [0.717, 1.165) is 11.1 Å². The van der Waals surface area contributed by atoms with Gasteiger partial charge in [-0.25, -0.2) is 9.97 Å². The van der Waals surface area contributed by atoms with Crippen LogP contribution >= 0.6 is 0 Å². The van der Waals surface area contributed by atoms with Crippen LogP contribution in [0.15, 0.2) is 60.9 Å². The van der Waals surface area contributed by atoms with Crippen LogP contribution in [0.2, 0.25) is 0 Å². The van der Waals surface area contributed by atoms with Crippen LogP contribution in [-0.2, 0) is 0 Å². The second-order valence-electron chi connectivity index (χ2n) is 5.44. The molecule has 0 bridgehead atoms. The fourth-order valence-electron chi connectivity index (χ4n) is 2.21. The molecule has 1 N–H and O–H groups in total. The number of amides is 1. The van der Waals surface area contributed by atoms with Gasteiger partial charge < -0.3 is 10.1 Å². The van der Waals surface area contributed by atoms with Gasteiger partial charge in [-0.2, -0.15) is 0 Å². The van der Waals surface area contributed by atoms with Crippen LogP contribution < -0.4 is 10.1 Å². The van der Waals surface area contributed by atoms with E-state index in [1.165, 1.54) is 0 Å². The van der Waals surface area contributed by atoms with Gasteiger partial charge in [-0.3, -0.25) is 4.79 Å². The molecule has 120 valence electrons. The van der Waals surface area contributed by atoms with Crippen molar-refractivity contribution in [2.75, 3.05) is 5.32 Å². The van der Waals surface area contributed by atoms with Gasteiger partial charge in [0.15, 0.2) is 0 Å². The van der Waals surface area contributed by atoms with E-state index < -0.39 is 0 Å². The Morgan fingerprint density at radius 3 is 2.54 bits per heavy atom. The fourth-order valence-corrected chi connectivity index (χ4v) is 2.21. The lowest BCUT2D eigenvalue weighted by atomic mass is 10.1. The zero-order chi connectivity index (χ0) is 16.9. The molecule has 3 rings (SSSR count). The first kappa shape index (κ1) is 15.7. The Bertz CT molecular complexity index is 863. The number of hydrogen-bond acceptors (Lipinski definition) is 4. The molecule has 0 aliphatic rings. The van der Waals surface area contributed by atoms with Gasteiger partial charge in [-0.15, -0.1) is 0 Å². The lowest BCUT2D eigenvalue weighted by Crippen LogP contribution is -2.12. The van der Waals surface area contributed by atoms with Crippen LogP contribution in [0.1, 0.15) is 21.5 Å². The largest absolute Gasteiger partial charge is 0.424 e. The minimum Gasteiger partial charge on any atom is -0.424 e. The maximum absolute atomic E-state index is 12.3. The number of nitrogens with one attached hydrogen (secondary N) is 1. The van der Waals surface area contributed by atoms with Crippen LogP contribution in [-0.4, -0.2) is 15.9 Å². The van der Waals surface area contributed by atoms with Crippen molar-refractivity contribution in [2.45, 2.75) is 13.8 Å². The van der Waals surface area contributed by atoms with Crippen LogP contribution in [0, 0.1) is 13.8 Å². The maximum Gasteiger partial charge on any atom is 0.321 e. The third-order valence-electron chi connectivity index (χ3n) is 3.47. The van der Waals surface area contributed by atoms with E-state index in [9.17, 15) is 4.79 Å². The summed E-state index contributed by atoms with van der Waals surface area (Å²) in [5.74, 6) is 0.438. The summed E-state index contributed by atoms with van der Waals surface area (Å²) in [5.41, 5.74) is 3.23. The number of hydrogen-bond donors (Lipinski definition) is 1. The highest BCUT2D eigenvalue weighted by atomic mass is 16.5. The Morgan fingerprint density at radius 2 is 1.79 bits per heavy atom. The molecular weight excluding hydrogens is 302 g/mol. The molecule has 0 aliphatic carbocycles. The molecule has 24 heavy (non-hydrogen) atoms. The number of ether oxygens (including phenoxy) is 1. The molecule has 0 unspecified atom stereocenters. The van der Waals surface area contributed by atoms with E-state index >= 15 is 0 Å². The molecule has 5 nitrogen and oxygen atoms in total. The average molecular weight is 319 g/mol. The Hall–Kier alpha value is -3.21. The zero-order valence-electron chi connectivity index (χ0n) is 13.5. The van der Waals surface area contributed by atoms with E-state index in [0.29, 0.717) is 17.0 Å². The van der Waals surface area contributed by atoms with Crippen molar-refractivity contribution in [3.8, 4) is 11.8 Å². The highest BCUT2D eigenvalue weighted by Gasteiger charge is 2.09. The molecule has 0 atom stereocenters. The molecule has 0 spiro atoms. The smallest absolute Gasteiger partial charge is 0.321 e. The highest BCUT2D eigenvalue weighted by Crippen LogP contribution is 2.26. The topological polar surface area (TPSA) is 64.1 Å². The first-order valence-corrected chi connectivity index (χ1v) is 7.55. The number of rotatable bonds is 4. The molecular formula is C19H17N3O2. The van der Waals surface area contributed by atoms with Crippen LogP contribution in [0.25, 0.3) is 0 Å². The second kappa shape index (κ2) is 6.91. The highest BCUT2D eigenvalue weighted by molar-refractivity contribution is 6.04. The minimum atomic E-state index is -0.163. The molecule has 0 saturated carbocycles. The van der Waals surface area contributed by atoms with Crippen molar-refractivity contribution < 1.29 is 9.53 Å². The first-order valence-electron chi connectivity index (χ1n) is 7.55. The van der Waals surface area contributed by atoms with Crippen molar-refractivity contribution in [1.82, 2.24) is 9.97 Å². The van der Waals surface area contributed by atoms with Gasteiger partial charge in [0.1, 0.15) is 5.75 Å². The predicted octanol–water partition coefficient (Wildman–Crippen LogP) is 4.14. The summed E-state index contributed by atoms with van der Waals surface area (Å²) in [6.45, 7) is 3.87. The Balaban J connectivity index is 1.79. The van der Waals surface area contributed by atoms with Crippen LogP contribution in [0.3, 0.4) is 0 Å². The van der Waals surface area contributed by atoms with E-state index in [2.05, 4.69) is 15.3 Å².